The summed E-state index contributed by atoms with van der Waals surface area (Å²) in [6.07, 6.45) is 0. The number of carbonyl (C=O) groups excluding carboxylic acids is 1. The zero-order valence-corrected chi connectivity index (χ0v) is 7.98. The van der Waals surface area contributed by atoms with Gasteiger partial charge in [-0.3, -0.25) is 0 Å². The molecular weight excluding hydrogens is 196 g/mol. The maximum Gasteiger partial charge on any atom is 0.337 e. The fourth-order valence-electron chi connectivity index (χ4n) is 0.760. The summed E-state index contributed by atoms with van der Waals surface area (Å²) in [6, 6.07) is 6.89. The molecule has 1 aromatic carbocycles. The molecule has 2 nitrogen and oxygen atoms in total. The van der Waals surface area contributed by atoms with Crippen molar-refractivity contribution in [3.05, 3.63) is 29.8 Å². The fourth-order valence-corrected chi connectivity index (χ4v) is 1.31. The lowest BCUT2D eigenvalue weighted by Gasteiger charge is -1.98. The molecule has 0 aliphatic heterocycles. The molecule has 0 amide bonds. The summed E-state index contributed by atoms with van der Waals surface area (Å²) in [6.45, 7) is 0. The van der Waals surface area contributed by atoms with Crippen LogP contribution in [0, 0.1) is 0 Å². The molecule has 12 heavy (non-hydrogen) atoms. The molecule has 0 heterocycles. The molecule has 0 aromatic heterocycles. The number of methoxy groups -OCH3 is 1. The summed E-state index contributed by atoms with van der Waals surface area (Å²) in [5, 5.41) is 0. The van der Waals surface area contributed by atoms with Crippen molar-refractivity contribution in [2.24, 2.45) is 0 Å². The molecule has 0 radical (unpaired) electrons. The number of ether oxygens (including phenoxy) is 1. The zero-order chi connectivity index (χ0) is 8.97. The SMILES string of the molecule is COC(=O)c1ccc(SCl)cc1. The molecule has 0 aliphatic carbocycles. The van der Waals surface area contributed by atoms with E-state index >= 15 is 0 Å². The van der Waals surface area contributed by atoms with Crippen LogP contribution in [0.2, 0.25) is 0 Å². The minimum Gasteiger partial charge on any atom is -0.465 e. The van der Waals surface area contributed by atoms with Crippen LogP contribution in [0.4, 0.5) is 0 Å². The second-order valence-electron chi connectivity index (χ2n) is 2.09. The number of esters is 1. The third kappa shape index (κ3) is 2.16. The van der Waals surface area contributed by atoms with E-state index in [2.05, 4.69) is 4.74 Å². The monoisotopic (exact) mass is 202 g/mol. The van der Waals surface area contributed by atoms with Gasteiger partial charge >= 0.3 is 5.97 Å². The highest BCUT2D eigenvalue weighted by Crippen LogP contribution is 2.21. The Bertz CT molecular complexity index is 271. The average molecular weight is 203 g/mol. The molecule has 0 atom stereocenters. The van der Waals surface area contributed by atoms with E-state index in [1.807, 2.05) is 0 Å². The molecule has 0 bridgehead atoms. The summed E-state index contributed by atoms with van der Waals surface area (Å²) >= 11 is 0. The van der Waals surface area contributed by atoms with Crippen LogP contribution < -0.4 is 0 Å². The normalized spacial score (nSPS) is 9.50. The summed E-state index contributed by atoms with van der Waals surface area (Å²) in [5.74, 6) is -0.332. The van der Waals surface area contributed by atoms with E-state index in [1.165, 1.54) is 7.11 Å². The molecule has 64 valence electrons. The van der Waals surface area contributed by atoms with Crippen LogP contribution in [0.15, 0.2) is 29.2 Å². The summed E-state index contributed by atoms with van der Waals surface area (Å²) in [4.78, 5) is 11.9. The van der Waals surface area contributed by atoms with E-state index < -0.39 is 0 Å². The van der Waals surface area contributed by atoms with Crippen LogP contribution in [-0.2, 0) is 4.74 Å². The predicted molar refractivity (Wildman–Crippen MR) is 49.5 cm³/mol. The minimum absolute atomic E-state index is 0.332. The van der Waals surface area contributed by atoms with Crippen molar-refractivity contribution in [3.8, 4) is 0 Å². The summed E-state index contributed by atoms with van der Waals surface area (Å²) in [5.41, 5.74) is 0.534. The third-order valence-corrected chi connectivity index (χ3v) is 2.35. The minimum atomic E-state index is -0.332. The van der Waals surface area contributed by atoms with Crippen LogP contribution in [0.25, 0.3) is 0 Å². The lowest BCUT2D eigenvalue weighted by molar-refractivity contribution is 0.0600. The van der Waals surface area contributed by atoms with E-state index in [1.54, 1.807) is 24.3 Å². The first kappa shape index (κ1) is 9.42. The van der Waals surface area contributed by atoms with E-state index in [0.29, 0.717) is 5.56 Å². The van der Waals surface area contributed by atoms with Gasteiger partial charge in [-0.2, -0.15) is 0 Å². The van der Waals surface area contributed by atoms with Crippen molar-refractivity contribution in [1.82, 2.24) is 0 Å². The maximum atomic E-state index is 11.0. The van der Waals surface area contributed by atoms with Crippen molar-refractivity contribution in [2.75, 3.05) is 7.11 Å². The van der Waals surface area contributed by atoms with Crippen LogP contribution >= 0.6 is 21.7 Å². The van der Waals surface area contributed by atoms with Gasteiger partial charge in [0.2, 0.25) is 0 Å². The number of hydrogen-bond donors (Lipinski definition) is 0. The molecule has 0 spiro atoms. The van der Waals surface area contributed by atoms with Gasteiger partial charge in [0, 0.05) is 4.90 Å². The molecule has 0 N–H and O–H groups in total. The largest absolute Gasteiger partial charge is 0.465 e. The van der Waals surface area contributed by atoms with Crippen molar-refractivity contribution >= 4 is 27.6 Å². The quantitative estimate of drug-likeness (QED) is 0.690. The van der Waals surface area contributed by atoms with Gasteiger partial charge in [-0.05, 0) is 45.9 Å². The number of rotatable bonds is 2. The standard InChI is InChI=1S/C8H7ClO2S/c1-11-8(10)6-2-4-7(12-9)5-3-6/h2-5H,1H3. The van der Waals surface area contributed by atoms with Gasteiger partial charge in [0.05, 0.1) is 12.7 Å². The van der Waals surface area contributed by atoms with Gasteiger partial charge in [-0.25, -0.2) is 4.79 Å². The first-order chi connectivity index (χ1) is 5.77. The smallest absolute Gasteiger partial charge is 0.337 e. The van der Waals surface area contributed by atoms with E-state index in [0.717, 1.165) is 15.9 Å². The summed E-state index contributed by atoms with van der Waals surface area (Å²) < 4.78 is 4.53. The topological polar surface area (TPSA) is 26.3 Å². The first-order valence-corrected chi connectivity index (χ1v) is 4.89. The Labute approximate surface area is 79.4 Å². The molecule has 1 rings (SSSR count). The predicted octanol–water partition coefficient (Wildman–Crippen LogP) is 2.72. The number of halogens is 1. The lowest BCUT2D eigenvalue weighted by atomic mass is 10.2. The summed E-state index contributed by atoms with van der Waals surface area (Å²) in [7, 11) is 7.96. The Morgan fingerprint density at radius 1 is 1.42 bits per heavy atom. The Hall–Kier alpha value is -0.670. The molecule has 0 saturated heterocycles. The Morgan fingerprint density at radius 2 is 2.00 bits per heavy atom. The van der Waals surface area contributed by atoms with E-state index in [9.17, 15) is 4.79 Å². The number of hydrogen-bond acceptors (Lipinski definition) is 3. The van der Waals surface area contributed by atoms with Gasteiger partial charge in [-0.15, -0.1) is 0 Å². The van der Waals surface area contributed by atoms with Gasteiger partial charge in [0.1, 0.15) is 0 Å². The van der Waals surface area contributed by atoms with Crippen LogP contribution in [0.1, 0.15) is 10.4 Å². The number of benzene rings is 1. The van der Waals surface area contributed by atoms with Gasteiger partial charge in [0.25, 0.3) is 0 Å². The molecule has 0 fully saturated rings. The highest BCUT2D eigenvalue weighted by atomic mass is 35.7. The van der Waals surface area contributed by atoms with Gasteiger partial charge < -0.3 is 4.74 Å². The fraction of sp³-hybridized carbons (Fsp3) is 0.125. The molecule has 0 saturated carbocycles. The first-order valence-electron chi connectivity index (χ1n) is 3.25. The van der Waals surface area contributed by atoms with Crippen LogP contribution in [0.3, 0.4) is 0 Å². The van der Waals surface area contributed by atoms with E-state index in [4.69, 9.17) is 10.7 Å². The highest BCUT2D eigenvalue weighted by Gasteiger charge is 2.03. The molecule has 0 unspecified atom stereocenters. The second-order valence-corrected chi connectivity index (χ2v) is 3.18. The second kappa shape index (κ2) is 4.38. The third-order valence-electron chi connectivity index (χ3n) is 1.36. The van der Waals surface area contributed by atoms with Crippen LogP contribution in [0.5, 0.6) is 0 Å². The van der Waals surface area contributed by atoms with Crippen molar-refractivity contribution < 1.29 is 9.53 Å². The Morgan fingerprint density at radius 3 is 2.42 bits per heavy atom. The molecular formula is C8H7ClO2S. The van der Waals surface area contributed by atoms with Crippen LogP contribution in [-0.4, -0.2) is 13.1 Å². The number of carbonyl (C=O) groups is 1. The van der Waals surface area contributed by atoms with Gasteiger partial charge in [0.15, 0.2) is 0 Å². The Kier molecular flexibility index (Phi) is 3.44. The molecule has 4 heteroatoms. The maximum absolute atomic E-state index is 11.0. The lowest BCUT2D eigenvalue weighted by Crippen LogP contribution is -1.99. The van der Waals surface area contributed by atoms with Crippen molar-refractivity contribution in [2.45, 2.75) is 4.90 Å². The molecule has 0 aliphatic rings. The van der Waals surface area contributed by atoms with Crippen molar-refractivity contribution in [1.29, 1.82) is 0 Å². The van der Waals surface area contributed by atoms with Crippen molar-refractivity contribution in [3.63, 3.8) is 0 Å². The zero-order valence-electron chi connectivity index (χ0n) is 6.41. The van der Waals surface area contributed by atoms with Gasteiger partial charge in [-0.1, -0.05) is 0 Å². The highest BCUT2D eigenvalue weighted by molar-refractivity contribution is 8.21. The average Bonchev–Trinajstić information content (AvgIpc) is 2.17. The molecule has 1 aromatic rings. The van der Waals surface area contributed by atoms with E-state index in [-0.39, 0.29) is 5.97 Å². The Balaban J connectivity index is 2.84.